The van der Waals surface area contributed by atoms with Crippen LogP contribution in [0.5, 0.6) is 0 Å². The normalized spacial score (nSPS) is 20.9. The molecule has 4 amide bonds. The highest BCUT2D eigenvalue weighted by atomic mass is 32.2. The van der Waals surface area contributed by atoms with Gasteiger partial charge in [-0.1, -0.05) is 42.5 Å². The number of benzene rings is 4. The molecule has 0 radical (unpaired) electrons. The summed E-state index contributed by atoms with van der Waals surface area (Å²) in [6, 6.07) is 20.6. The van der Waals surface area contributed by atoms with Gasteiger partial charge < -0.3 is 10.2 Å². The third kappa shape index (κ3) is 9.40. The van der Waals surface area contributed by atoms with Crippen molar-refractivity contribution in [2.45, 2.75) is 83.1 Å². The Balaban J connectivity index is 0.958. The molecule has 5 heterocycles. The highest BCUT2D eigenvalue weighted by Gasteiger charge is 2.49. The van der Waals surface area contributed by atoms with E-state index in [4.69, 9.17) is 0 Å². The minimum Gasteiger partial charge on any atom is -0.380 e. The summed E-state index contributed by atoms with van der Waals surface area (Å²) in [5, 5.41) is 5.23. The van der Waals surface area contributed by atoms with E-state index in [1.54, 1.807) is 16.9 Å². The Morgan fingerprint density at radius 3 is 2.27 bits per heavy atom. The number of anilines is 1. The second kappa shape index (κ2) is 17.9. The van der Waals surface area contributed by atoms with Gasteiger partial charge in [0.1, 0.15) is 16.8 Å². The van der Waals surface area contributed by atoms with Gasteiger partial charge in [0.05, 0.1) is 16.1 Å². The summed E-state index contributed by atoms with van der Waals surface area (Å²) in [6.07, 6.45) is 1.48. The third-order valence-corrected chi connectivity index (χ3v) is 15.9. The number of carbonyl (C=O) groups is 4. The maximum absolute atomic E-state index is 15.5. The molecule has 0 aliphatic carbocycles. The molecule has 4 aromatic carbocycles. The number of imide groups is 1. The molecule has 14 nitrogen and oxygen atoms in total. The van der Waals surface area contributed by atoms with Crippen LogP contribution in [0.4, 0.5) is 23.2 Å². The molecule has 3 N–H and O–H groups in total. The van der Waals surface area contributed by atoms with Gasteiger partial charge in [0.15, 0.2) is 0 Å². The zero-order chi connectivity index (χ0) is 45.6. The standard InChI is InChI=1S/C43H42F4N6O8S3/c44-34-18-26(17-28-22-53(42(57)39(28)34)36-13-14-38(54)49-41(36)56)21-51-23-30-19-31(24-51)52(30)16-15-29(25-62-32-9-5-2-6-10-32)48-35-12-11-33(20-37(35)63(58,59)43(45,46)47)64(60,61)50-40(55)27-7-3-1-4-8-27/h1-12,17-18,20,29-31,36,48H,13-16,19,21-25H2,(H,50,55)(H,49,54,56)/t29-,30?,31?,36?/m1/s1. The average molecular weight is 943 g/mol. The quantitative estimate of drug-likeness (QED) is 0.0833. The van der Waals surface area contributed by atoms with Crippen LogP contribution >= 0.6 is 11.8 Å². The van der Waals surface area contributed by atoms with Crippen molar-refractivity contribution in [3.63, 3.8) is 0 Å². The molecule has 2 bridgehead atoms. The third-order valence-electron chi connectivity index (χ3n) is 11.9. The molecule has 21 heteroatoms. The molecule has 0 saturated carbocycles. The van der Waals surface area contributed by atoms with Crippen molar-refractivity contribution in [1.29, 1.82) is 0 Å². The Bertz CT molecular complexity index is 2700. The van der Waals surface area contributed by atoms with Crippen molar-refractivity contribution in [2.24, 2.45) is 0 Å². The van der Waals surface area contributed by atoms with Crippen LogP contribution in [-0.4, -0.2) is 110 Å². The summed E-state index contributed by atoms with van der Waals surface area (Å²) >= 11 is 1.40. The van der Waals surface area contributed by atoms with E-state index in [0.717, 1.165) is 23.4 Å². The van der Waals surface area contributed by atoms with Gasteiger partial charge in [0.25, 0.3) is 31.7 Å². The second-order valence-corrected chi connectivity index (χ2v) is 20.8. The van der Waals surface area contributed by atoms with Crippen molar-refractivity contribution in [3.8, 4) is 0 Å². The lowest BCUT2D eigenvalue weighted by atomic mass is 9.86. The molecular weight excluding hydrogens is 901 g/mol. The first-order valence-electron chi connectivity index (χ1n) is 20.3. The highest BCUT2D eigenvalue weighted by molar-refractivity contribution is 7.99. The number of carbonyl (C=O) groups excluding carboxylic acids is 4. The predicted octanol–water partition coefficient (Wildman–Crippen LogP) is 4.92. The van der Waals surface area contributed by atoms with Crippen molar-refractivity contribution in [3.05, 3.63) is 119 Å². The first kappa shape index (κ1) is 45.2. The number of thioether (sulfide) groups is 1. The van der Waals surface area contributed by atoms with Gasteiger partial charge in [-0.25, -0.2) is 25.9 Å². The van der Waals surface area contributed by atoms with Crippen LogP contribution in [-0.2, 0) is 42.5 Å². The van der Waals surface area contributed by atoms with E-state index >= 15 is 4.39 Å². The molecule has 5 aliphatic rings. The number of fused-ring (bicyclic) bond motifs is 3. The maximum atomic E-state index is 15.5. The summed E-state index contributed by atoms with van der Waals surface area (Å²) in [5.41, 5.74) is -5.23. The number of sulfone groups is 1. The Morgan fingerprint density at radius 2 is 1.59 bits per heavy atom. The molecule has 0 spiro atoms. The lowest BCUT2D eigenvalue weighted by Gasteiger charge is -2.57. The molecule has 0 aromatic heterocycles. The first-order chi connectivity index (χ1) is 30.4. The van der Waals surface area contributed by atoms with Crippen LogP contribution in [0.15, 0.2) is 106 Å². The first-order valence-corrected chi connectivity index (χ1v) is 24.3. The van der Waals surface area contributed by atoms with Crippen molar-refractivity contribution >= 4 is 60.9 Å². The molecule has 3 unspecified atom stereocenters. The molecule has 4 aromatic rings. The van der Waals surface area contributed by atoms with Gasteiger partial charge in [-0.05, 0) is 78.9 Å². The molecule has 4 fully saturated rings. The lowest BCUT2D eigenvalue weighted by Crippen LogP contribution is -2.68. The Morgan fingerprint density at radius 1 is 0.906 bits per heavy atom. The van der Waals surface area contributed by atoms with Crippen molar-refractivity contribution in [1.82, 2.24) is 24.7 Å². The number of piperidine rings is 2. The number of halogens is 4. The van der Waals surface area contributed by atoms with Crippen LogP contribution in [0.25, 0.3) is 0 Å². The lowest BCUT2D eigenvalue weighted by molar-refractivity contribution is -0.136. The number of piperazine rings is 1. The van der Waals surface area contributed by atoms with Crippen molar-refractivity contribution < 1.29 is 53.6 Å². The van der Waals surface area contributed by atoms with E-state index in [9.17, 15) is 49.2 Å². The maximum Gasteiger partial charge on any atom is 0.501 e. The topological polar surface area (TPSA) is 182 Å². The smallest absolute Gasteiger partial charge is 0.380 e. The van der Waals surface area contributed by atoms with Gasteiger partial charge in [0.2, 0.25) is 11.8 Å². The predicted molar refractivity (Wildman–Crippen MR) is 227 cm³/mol. The molecule has 338 valence electrons. The van der Waals surface area contributed by atoms with E-state index in [1.165, 1.54) is 47.0 Å². The van der Waals surface area contributed by atoms with E-state index in [0.29, 0.717) is 55.5 Å². The number of nitrogens with zero attached hydrogens (tertiary/aromatic N) is 3. The zero-order valence-electron chi connectivity index (χ0n) is 33.9. The van der Waals surface area contributed by atoms with Crippen LogP contribution in [0.1, 0.15) is 57.5 Å². The monoisotopic (exact) mass is 942 g/mol. The summed E-state index contributed by atoms with van der Waals surface area (Å²) in [7, 11) is -10.9. The number of amides is 4. The number of hydrogen-bond donors (Lipinski definition) is 3. The fourth-order valence-corrected chi connectivity index (χ4v) is 11.8. The zero-order valence-corrected chi connectivity index (χ0v) is 36.3. The minimum atomic E-state index is -6.11. The molecule has 9 rings (SSSR count). The van der Waals surface area contributed by atoms with Gasteiger partial charge >= 0.3 is 5.51 Å². The van der Waals surface area contributed by atoms with E-state index < -0.39 is 82.4 Å². The minimum absolute atomic E-state index is 0.0416. The molecule has 4 atom stereocenters. The second-order valence-electron chi connectivity index (χ2n) is 16.1. The highest BCUT2D eigenvalue weighted by Crippen LogP contribution is 2.38. The van der Waals surface area contributed by atoms with Crippen LogP contribution in [0.3, 0.4) is 0 Å². The Hall–Kier alpha value is -5.35. The van der Waals surface area contributed by atoms with Crippen LogP contribution < -0.4 is 15.4 Å². The fourth-order valence-electron chi connectivity index (χ4n) is 8.74. The SMILES string of the molecule is O=C1CCC(N2Cc3cc(CN4CC5CC(C4)N5CC[C@H](CSc4ccccc4)Nc4ccc(S(=O)(=O)NC(=O)c5ccccc5)cc4S(=O)(=O)C(F)(F)F)cc(F)c3C2=O)C(=O)N1. The van der Waals surface area contributed by atoms with Gasteiger partial charge in [-0.2, -0.15) is 13.2 Å². The fraction of sp³-hybridized carbons (Fsp3) is 0.349. The molecular formula is C43H42F4N6O8S3. The number of nitrogens with one attached hydrogen (secondary N) is 3. The summed E-state index contributed by atoms with van der Waals surface area (Å²) in [6.45, 7) is 2.17. The van der Waals surface area contributed by atoms with E-state index in [2.05, 4.69) is 20.4 Å². The molecule has 64 heavy (non-hydrogen) atoms. The average Bonchev–Trinajstić information content (AvgIpc) is 3.58. The number of hydrogen-bond acceptors (Lipinski definition) is 12. The van der Waals surface area contributed by atoms with Gasteiger partial charge in [0, 0.05) is 73.5 Å². The summed E-state index contributed by atoms with van der Waals surface area (Å²) in [4.78, 5) is 54.4. The molecule has 4 saturated heterocycles. The molecule has 5 aliphatic heterocycles. The van der Waals surface area contributed by atoms with Gasteiger partial charge in [-0.15, -0.1) is 11.8 Å². The number of alkyl halides is 3. The van der Waals surface area contributed by atoms with E-state index in [-0.39, 0.29) is 42.6 Å². The summed E-state index contributed by atoms with van der Waals surface area (Å²) < 4.78 is 112. The van der Waals surface area contributed by atoms with Crippen LogP contribution in [0.2, 0.25) is 0 Å². The summed E-state index contributed by atoms with van der Waals surface area (Å²) in [5.74, 6) is -3.04. The van der Waals surface area contributed by atoms with Gasteiger partial charge in [-0.3, -0.25) is 34.3 Å². The van der Waals surface area contributed by atoms with Crippen LogP contribution in [0, 0.1) is 5.82 Å². The Labute approximate surface area is 370 Å². The Kier molecular flexibility index (Phi) is 12.7. The largest absolute Gasteiger partial charge is 0.501 e. The van der Waals surface area contributed by atoms with Crippen molar-refractivity contribution in [2.75, 3.05) is 30.7 Å². The number of rotatable bonds is 15. The number of sulfonamides is 1. The van der Waals surface area contributed by atoms with E-state index in [1.807, 2.05) is 30.3 Å².